The van der Waals surface area contributed by atoms with E-state index in [0.29, 0.717) is 0 Å². The average molecular weight is 357 g/mol. The van der Waals surface area contributed by atoms with Crippen molar-refractivity contribution in [1.82, 2.24) is 4.90 Å². The van der Waals surface area contributed by atoms with Crippen molar-refractivity contribution in [3.63, 3.8) is 0 Å². The molecule has 134 valence electrons. The number of aromatic carboxylic acids is 1. The number of benzene rings is 1. The molecular formula is C16H14F3NO5. The van der Waals surface area contributed by atoms with Gasteiger partial charge in [-0.2, -0.15) is 0 Å². The smallest absolute Gasteiger partial charge is 0.478 e. The minimum atomic E-state index is -4.85. The van der Waals surface area contributed by atoms with Crippen LogP contribution in [0.2, 0.25) is 0 Å². The lowest BCUT2D eigenvalue weighted by Crippen LogP contribution is -2.26. The van der Waals surface area contributed by atoms with Crippen LogP contribution in [0.3, 0.4) is 0 Å². The van der Waals surface area contributed by atoms with Crippen molar-refractivity contribution in [1.29, 1.82) is 0 Å². The van der Waals surface area contributed by atoms with E-state index in [9.17, 15) is 22.8 Å². The maximum Gasteiger partial charge on any atom is 0.573 e. The number of amides is 1. The molecule has 0 saturated heterocycles. The van der Waals surface area contributed by atoms with E-state index < -0.39 is 24.0 Å². The van der Waals surface area contributed by atoms with Gasteiger partial charge < -0.3 is 19.2 Å². The standard InChI is InChI=1S/C16H14F3NO5/c1-9-13(15(22)23)7-12(24-9)8-20(2)14(21)10-4-3-5-11(6-10)25-16(17,18)19/h3-7H,8H2,1-2H3,(H,22,23). The lowest BCUT2D eigenvalue weighted by Gasteiger charge is -2.16. The maximum atomic E-state index is 12.3. The molecule has 1 aromatic heterocycles. The van der Waals surface area contributed by atoms with Crippen LogP contribution in [0.15, 0.2) is 34.7 Å². The number of halogens is 3. The molecule has 2 rings (SSSR count). The van der Waals surface area contributed by atoms with Gasteiger partial charge in [-0.3, -0.25) is 4.79 Å². The number of carbonyl (C=O) groups is 2. The zero-order valence-corrected chi connectivity index (χ0v) is 13.3. The number of rotatable bonds is 5. The molecule has 1 aromatic carbocycles. The van der Waals surface area contributed by atoms with Gasteiger partial charge in [-0.25, -0.2) is 4.79 Å². The van der Waals surface area contributed by atoms with Crippen LogP contribution in [0.1, 0.15) is 32.2 Å². The summed E-state index contributed by atoms with van der Waals surface area (Å²) in [6.07, 6.45) is -4.85. The number of furan rings is 1. The number of hydrogen-bond donors (Lipinski definition) is 1. The molecule has 1 amide bonds. The fraction of sp³-hybridized carbons (Fsp3) is 0.250. The van der Waals surface area contributed by atoms with Crippen LogP contribution >= 0.6 is 0 Å². The average Bonchev–Trinajstić information content (AvgIpc) is 2.85. The number of aryl methyl sites for hydroxylation is 1. The van der Waals surface area contributed by atoms with Crippen molar-refractivity contribution in [3.05, 3.63) is 53.0 Å². The van der Waals surface area contributed by atoms with Gasteiger partial charge in [-0.15, -0.1) is 13.2 Å². The molecule has 0 bridgehead atoms. The van der Waals surface area contributed by atoms with Gasteiger partial charge in [0.15, 0.2) is 0 Å². The van der Waals surface area contributed by atoms with Gasteiger partial charge in [0.1, 0.15) is 22.8 Å². The van der Waals surface area contributed by atoms with Gasteiger partial charge in [0.05, 0.1) is 6.54 Å². The maximum absolute atomic E-state index is 12.3. The van der Waals surface area contributed by atoms with Gasteiger partial charge in [0, 0.05) is 12.6 Å². The summed E-state index contributed by atoms with van der Waals surface area (Å²) in [5.74, 6) is -1.79. The molecule has 1 N–H and O–H groups in total. The van der Waals surface area contributed by atoms with E-state index >= 15 is 0 Å². The number of ether oxygens (including phenoxy) is 1. The molecular weight excluding hydrogens is 343 g/mol. The monoisotopic (exact) mass is 357 g/mol. The van der Waals surface area contributed by atoms with E-state index in [1.807, 2.05) is 0 Å². The Morgan fingerprint density at radius 1 is 1.28 bits per heavy atom. The number of hydrogen-bond acceptors (Lipinski definition) is 4. The van der Waals surface area contributed by atoms with Crippen LogP contribution in [0.25, 0.3) is 0 Å². The van der Waals surface area contributed by atoms with Crippen LogP contribution in [0.5, 0.6) is 5.75 Å². The predicted octanol–water partition coefficient (Wildman–Crippen LogP) is 3.46. The Morgan fingerprint density at radius 2 is 1.96 bits per heavy atom. The molecule has 0 aliphatic heterocycles. The van der Waals surface area contributed by atoms with Gasteiger partial charge in [-0.1, -0.05) is 6.07 Å². The minimum absolute atomic E-state index is 0.00835. The van der Waals surface area contributed by atoms with Gasteiger partial charge in [0.2, 0.25) is 0 Å². The number of carbonyl (C=O) groups excluding carboxylic acids is 1. The van der Waals surface area contributed by atoms with Crippen molar-refractivity contribution in [2.24, 2.45) is 0 Å². The first-order chi connectivity index (χ1) is 11.6. The van der Waals surface area contributed by atoms with Gasteiger partial charge >= 0.3 is 12.3 Å². The first-order valence-electron chi connectivity index (χ1n) is 7.00. The quantitative estimate of drug-likeness (QED) is 0.886. The number of carboxylic acids is 1. The summed E-state index contributed by atoms with van der Waals surface area (Å²) in [5.41, 5.74) is -0.0255. The Kier molecular flexibility index (Phi) is 5.05. The molecule has 0 atom stereocenters. The van der Waals surface area contributed by atoms with Crippen LogP contribution in [0.4, 0.5) is 13.2 Å². The Bertz CT molecular complexity index is 797. The Morgan fingerprint density at radius 3 is 2.52 bits per heavy atom. The van der Waals surface area contributed by atoms with Gasteiger partial charge in [-0.05, 0) is 31.2 Å². The zero-order valence-electron chi connectivity index (χ0n) is 13.3. The van der Waals surface area contributed by atoms with E-state index in [1.165, 1.54) is 37.1 Å². The van der Waals surface area contributed by atoms with E-state index in [4.69, 9.17) is 9.52 Å². The van der Waals surface area contributed by atoms with Crippen molar-refractivity contribution >= 4 is 11.9 Å². The highest BCUT2D eigenvalue weighted by Gasteiger charge is 2.31. The molecule has 2 aromatic rings. The van der Waals surface area contributed by atoms with Gasteiger partial charge in [0.25, 0.3) is 5.91 Å². The molecule has 6 nitrogen and oxygen atoms in total. The molecule has 0 spiro atoms. The predicted molar refractivity (Wildman–Crippen MR) is 79.3 cm³/mol. The third-order valence-electron chi connectivity index (χ3n) is 3.25. The molecule has 0 saturated carbocycles. The molecule has 1 heterocycles. The lowest BCUT2D eigenvalue weighted by atomic mass is 10.2. The second kappa shape index (κ2) is 6.88. The van der Waals surface area contributed by atoms with Crippen molar-refractivity contribution < 1.29 is 37.0 Å². The minimum Gasteiger partial charge on any atom is -0.478 e. The fourth-order valence-electron chi connectivity index (χ4n) is 2.19. The van der Waals surface area contributed by atoms with Crippen LogP contribution < -0.4 is 4.74 Å². The summed E-state index contributed by atoms with van der Waals surface area (Å²) in [7, 11) is 1.41. The zero-order chi connectivity index (χ0) is 18.8. The first kappa shape index (κ1) is 18.4. The van der Waals surface area contributed by atoms with Crippen molar-refractivity contribution in [2.45, 2.75) is 19.8 Å². The highest BCUT2D eigenvalue weighted by molar-refractivity contribution is 5.94. The SMILES string of the molecule is Cc1oc(CN(C)C(=O)c2cccc(OC(F)(F)F)c2)cc1C(=O)O. The lowest BCUT2D eigenvalue weighted by molar-refractivity contribution is -0.274. The highest BCUT2D eigenvalue weighted by atomic mass is 19.4. The molecule has 0 unspecified atom stereocenters. The van der Waals surface area contributed by atoms with E-state index in [2.05, 4.69) is 4.74 Å². The summed E-state index contributed by atoms with van der Waals surface area (Å²) in [4.78, 5) is 24.5. The van der Waals surface area contributed by atoms with Crippen molar-refractivity contribution in [2.75, 3.05) is 7.05 Å². The first-order valence-corrected chi connectivity index (χ1v) is 7.00. The molecule has 9 heteroatoms. The third-order valence-corrected chi connectivity index (χ3v) is 3.25. The number of alkyl halides is 3. The second-order valence-corrected chi connectivity index (χ2v) is 5.22. The Balaban J connectivity index is 2.13. The molecule has 25 heavy (non-hydrogen) atoms. The third kappa shape index (κ3) is 4.75. The normalized spacial score (nSPS) is 11.2. The Hall–Kier alpha value is -2.97. The summed E-state index contributed by atoms with van der Waals surface area (Å²) < 4.78 is 45.8. The number of nitrogens with zero attached hydrogens (tertiary/aromatic N) is 1. The van der Waals surface area contributed by atoms with E-state index in [-0.39, 0.29) is 29.2 Å². The largest absolute Gasteiger partial charge is 0.573 e. The summed E-state index contributed by atoms with van der Waals surface area (Å²) in [5, 5.41) is 8.98. The highest BCUT2D eigenvalue weighted by Crippen LogP contribution is 2.24. The van der Waals surface area contributed by atoms with Crippen LogP contribution in [0, 0.1) is 6.92 Å². The molecule has 0 fully saturated rings. The summed E-state index contributed by atoms with van der Waals surface area (Å²) in [6.45, 7) is 1.43. The summed E-state index contributed by atoms with van der Waals surface area (Å²) in [6, 6.07) is 5.96. The molecule has 0 aliphatic carbocycles. The Labute approximate surface area is 140 Å². The van der Waals surface area contributed by atoms with E-state index in [0.717, 1.165) is 12.1 Å². The summed E-state index contributed by atoms with van der Waals surface area (Å²) >= 11 is 0. The fourth-order valence-corrected chi connectivity index (χ4v) is 2.19. The van der Waals surface area contributed by atoms with Crippen LogP contribution in [-0.2, 0) is 6.54 Å². The second-order valence-electron chi connectivity index (χ2n) is 5.22. The number of carboxylic acid groups (broad SMARTS) is 1. The topological polar surface area (TPSA) is 80.0 Å². The van der Waals surface area contributed by atoms with Crippen LogP contribution in [-0.4, -0.2) is 35.3 Å². The van der Waals surface area contributed by atoms with E-state index in [1.54, 1.807) is 0 Å². The molecule has 0 aliphatic rings. The molecule has 0 radical (unpaired) electrons. The van der Waals surface area contributed by atoms with Crippen molar-refractivity contribution in [3.8, 4) is 5.75 Å².